The first-order valence-electron chi connectivity index (χ1n) is 8.92. The Morgan fingerprint density at radius 2 is 0.885 bits per heavy atom. The first-order valence-corrected chi connectivity index (χ1v) is 8.92. The fraction of sp³-hybridized carbons (Fsp3) is 0.600. The molecule has 0 aliphatic carbocycles. The van der Waals surface area contributed by atoms with Crippen molar-refractivity contribution in [1.82, 2.24) is 54.8 Å². The standard InChI is InChI=1S/C15H21N11/c1-4-24-10-13(16-19-24)7-23-8-14-11-25(20-17-14)5-2-22(1)3-6-26-12-15(9-23)18-21-26/h10-12H,1-9H2. The molecule has 0 radical (unpaired) electrons. The molecule has 26 heavy (non-hydrogen) atoms. The smallest absolute Gasteiger partial charge is 0.0967 e. The lowest BCUT2D eigenvalue weighted by molar-refractivity contribution is 0.230. The summed E-state index contributed by atoms with van der Waals surface area (Å²) < 4.78 is 5.80. The third-order valence-corrected chi connectivity index (χ3v) is 4.85. The first-order chi connectivity index (χ1) is 12.8. The van der Waals surface area contributed by atoms with Crippen LogP contribution in [0.2, 0.25) is 0 Å². The van der Waals surface area contributed by atoms with E-state index in [-0.39, 0.29) is 0 Å². The quantitative estimate of drug-likeness (QED) is 0.506. The zero-order valence-electron chi connectivity index (χ0n) is 14.5. The summed E-state index contributed by atoms with van der Waals surface area (Å²) >= 11 is 0. The van der Waals surface area contributed by atoms with Crippen LogP contribution in [0.15, 0.2) is 18.6 Å². The van der Waals surface area contributed by atoms with E-state index in [4.69, 9.17) is 0 Å². The maximum Gasteiger partial charge on any atom is 0.0967 e. The van der Waals surface area contributed by atoms with Gasteiger partial charge < -0.3 is 0 Å². The molecule has 3 aromatic rings. The van der Waals surface area contributed by atoms with Gasteiger partial charge in [-0.3, -0.25) is 23.8 Å². The minimum Gasteiger partial charge on any atom is -0.298 e. The average Bonchev–Trinajstić information content (AvgIpc) is 3.35. The molecule has 136 valence electrons. The molecule has 0 aromatic carbocycles. The van der Waals surface area contributed by atoms with Crippen molar-refractivity contribution in [3.63, 3.8) is 0 Å². The highest BCUT2D eigenvalue weighted by Gasteiger charge is 2.17. The van der Waals surface area contributed by atoms with Crippen LogP contribution in [0.1, 0.15) is 17.1 Å². The van der Waals surface area contributed by atoms with Crippen LogP contribution in [0.5, 0.6) is 0 Å². The molecule has 0 saturated heterocycles. The van der Waals surface area contributed by atoms with Crippen LogP contribution in [0, 0.1) is 0 Å². The second kappa shape index (κ2) is 6.57. The van der Waals surface area contributed by atoms with Crippen LogP contribution in [0.25, 0.3) is 0 Å². The second-order valence-corrected chi connectivity index (χ2v) is 6.91. The normalized spacial score (nSPS) is 23.5. The molecule has 0 unspecified atom stereocenters. The van der Waals surface area contributed by atoms with Gasteiger partial charge in [-0.05, 0) is 0 Å². The van der Waals surface area contributed by atoms with Crippen molar-refractivity contribution in [2.45, 2.75) is 39.3 Å². The fourth-order valence-electron chi connectivity index (χ4n) is 3.48. The highest BCUT2D eigenvalue weighted by Crippen LogP contribution is 2.12. The third kappa shape index (κ3) is 3.35. The van der Waals surface area contributed by atoms with Gasteiger partial charge >= 0.3 is 0 Å². The second-order valence-electron chi connectivity index (χ2n) is 6.91. The Bertz CT molecular complexity index is 763. The topological polar surface area (TPSA) is 98.6 Å². The lowest BCUT2D eigenvalue weighted by Crippen LogP contribution is -2.34. The molecule has 11 nitrogen and oxygen atoms in total. The number of hydrogen-bond donors (Lipinski definition) is 0. The summed E-state index contributed by atoms with van der Waals surface area (Å²) in [5, 5.41) is 25.9. The predicted molar refractivity (Wildman–Crippen MR) is 89.5 cm³/mol. The van der Waals surface area contributed by atoms with Gasteiger partial charge in [-0.25, -0.2) is 0 Å². The van der Waals surface area contributed by atoms with Gasteiger partial charge in [0.25, 0.3) is 0 Å². The highest BCUT2D eigenvalue weighted by atomic mass is 15.5. The highest BCUT2D eigenvalue weighted by molar-refractivity contribution is 5.00. The molecule has 6 heterocycles. The van der Waals surface area contributed by atoms with Gasteiger partial charge in [0.15, 0.2) is 0 Å². The molecule has 0 amide bonds. The maximum absolute atomic E-state index is 4.34. The lowest BCUT2D eigenvalue weighted by atomic mass is 10.3. The van der Waals surface area contributed by atoms with Crippen molar-refractivity contribution >= 4 is 0 Å². The Hall–Kier alpha value is -2.66. The van der Waals surface area contributed by atoms with Crippen molar-refractivity contribution in [3.8, 4) is 0 Å². The summed E-state index contributed by atoms with van der Waals surface area (Å²) in [6.45, 7) is 7.20. The van der Waals surface area contributed by atoms with E-state index in [0.717, 1.165) is 56.4 Å². The van der Waals surface area contributed by atoms with Crippen LogP contribution in [0.3, 0.4) is 0 Å². The van der Waals surface area contributed by atoms with Gasteiger partial charge in [0.1, 0.15) is 0 Å². The van der Waals surface area contributed by atoms with Crippen LogP contribution < -0.4 is 0 Å². The zero-order valence-corrected chi connectivity index (χ0v) is 14.5. The van der Waals surface area contributed by atoms with E-state index in [1.165, 1.54) is 0 Å². The SMILES string of the molecule is c1c2nnn1CCN1CCn3cc(nn3)CN(C2)Cc2cn(nn2)CC1. The number of fused-ring (bicyclic) bond motifs is 3. The van der Waals surface area contributed by atoms with Gasteiger partial charge in [-0.1, -0.05) is 15.6 Å². The molecule has 3 aromatic heterocycles. The molecule has 11 heteroatoms. The maximum atomic E-state index is 4.34. The van der Waals surface area contributed by atoms with E-state index in [1.54, 1.807) is 0 Å². The summed E-state index contributed by atoms with van der Waals surface area (Å²) in [4.78, 5) is 4.65. The van der Waals surface area contributed by atoms with Crippen LogP contribution >= 0.6 is 0 Å². The fourth-order valence-corrected chi connectivity index (χ4v) is 3.48. The van der Waals surface area contributed by atoms with E-state index in [2.05, 4.69) is 40.7 Å². The van der Waals surface area contributed by atoms with E-state index in [9.17, 15) is 0 Å². The Morgan fingerprint density at radius 1 is 0.500 bits per heavy atom. The number of aromatic nitrogens is 9. The summed E-state index contributed by atoms with van der Waals surface area (Å²) in [5.41, 5.74) is 2.85. The molecule has 0 N–H and O–H groups in total. The molecular formula is C15H21N11. The largest absolute Gasteiger partial charge is 0.298 e. The molecule has 0 atom stereocenters. The monoisotopic (exact) mass is 355 g/mol. The van der Waals surface area contributed by atoms with Gasteiger partial charge in [-0.2, -0.15) is 0 Å². The van der Waals surface area contributed by atoms with Gasteiger partial charge in [-0.15, -0.1) is 15.3 Å². The first kappa shape index (κ1) is 15.6. The van der Waals surface area contributed by atoms with Crippen LogP contribution in [-0.2, 0) is 39.3 Å². The van der Waals surface area contributed by atoms with Crippen molar-refractivity contribution in [3.05, 3.63) is 35.7 Å². The van der Waals surface area contributed by atoms with Gasteiger partial charge in [0.2, 0.25) is 0 Å². The molecule has 8 bridgehead atoms. The Labute approximate surface area is 150 Å². The third-order valence-electron chi connectivity index (χ3n) is 4.85. The van der Waals surface area contributed by atoms with Crippen molar-refractivity contribution in [2.75, 3.05) is 19.6 Å². The zero-order chi connectivity index (χ0) is 17.3. The molecule has 0 spiro atoms. The molecule has 3 aliphatic rings. The average molecular weight is 355 g/mol. The predicted octanol–water partition coefficient (Wildman–Crippen LogP) is -1.01. The van der Waals surface area contributed by atoms with Crippen molar-refractivity contribution < 1.29 is 0 Å². The summed E-state index contributed by atoms with van der Waals surface area (Å²) in [5.74, 6) is 0. The number of rotatable bonds is 0. The molecule has 0 saturated carbocycles. The Balaban J connectivity index is 1.54. The lowest BCUT2D eigenvalue weighted by Gasteiger charge is -2.22. The number of nitrogens with zero attached hydrogens (tertiary/aromatic N) is 11. The molecular weight excluding hydrogens is 334 g/mol. The van der Waals surface area contributed by atoms with Crippen LogP contribution in [-0.4, -0.2) is 74.4 Å². The van der Waals surface area contributed by atoms with E-state index in [0.29, 0.717) is 19.6 Å². The van der Waals surface area contributed by atoms with Crippen LogP contribution in [0.4, 0.5) is 0 Å². The van der Waals surface area contributed by atoms with Gasteiger partial charge in [0, 0.05) is 57.9 Å². The molecule has 6 rings (SSSR count). The minimum atomic E-state index is 0.684. The summed E-state index contributed by atoms with van der Waals surface area (Å²) in [6.07, 6.45) is 6.11. The molecule has 0 fully saturated rings. The Morgan fingerprint density at radius 3 is 1.27 bits per heavy atom. The van der Waals surface area contributed by atoms with E-state index < -0.39 is 0 Å². The van der Waals surface area contributed by atoms with Crippen molar-refractivity contribution in [2.24, 2.45) is 0 Å². The number of hydrogen-bond acceptors (Lipinski definition) is 8. The summed E-state index contributed by atoms with van der Waals surface area (Å²) in [6, 6.07) is 0. The summed E-state index contributed by atoms with van der Waals surface area (Å²) in [7, 11) is 0. The van der Waals surface area contributed by atoms with Crippen molar-refractivity contribution in [1.29, 1.82) is 0 Å². The minimum absolute atomic E-state index is 0.684. The van der Waals surface area contributed by atoms with Gasteiger partial charge in [0.05, 0.1) is 36.7 Å². The molecule has 3 aliphatic heterocycles. The van der Waals surface area contributed by atoms with E-state index >= 15 is 0 Å². The Kier molecular flexibility index (Phi) is 3.94. The van der Waals surface area contributed by atoms with E-state index in [1.807, 2.05) is 32.6 Å².